The van der Waals surface area contributed by atoms with Crippen molar-refractivity contribution in [2.75, 3.05) is 6.54 Å². The minimum Gasteiger partial charge on any atom is -0.351 e. The molecular formula is C11H16BrNOS. The van der Waals surface area contributed by atoms with Crippen LogP contribution < -0.4 is 5.32 Å². The lowest BCUT2D eigenvalue weighted by atomic mass is 9.92. The number of halogens is 1. The molecule has 1 heterocycles. The summed E-state index contributed by atoms with van der Waals surface area (Å²) in [5.74, 6) is 0.0149. The normalized spacial score (nSPS) is 11.5. The van der Waals surface area contributed by atoms with Gasteiger partial charge in [-0.05, 0) is 39.2 Å². The largest absolute Gasteiger partial charge is 0.351 e. The second kappa shape index (κ2) is 5.12. The molecule has 0 aliphatic rings. The number of nitrogens with one attached hydrogen (secondary N) is 1. The Morgan fingerprint density at radius 3 is 2.67 bits per heavy atom. The van der Waals surface area contributed by atoms with Crippen LogP contribution in [-0.2, 0) is 0 Å². The summed E-state index contributed by atoms with van der Waals surface area (Å²) in [6.45, 7) is 7.23. The molecule has 0 fully saturated rings. The third-order valence-electron chi connectivity index (χ3n) is 1.98. The highest BCUT2D eigenvalue weighted by Gasteiger charge is 2.13. The van der Waals surface area contributed by atoms with Crippen LogP contribution in [-0.4, -0.2) is 12.5 Å². The summed E-state index contributed by atoms with van der Waals surface area (Å²) in [5, 5.41) is 4.83. The molecule has 0 aliphatic carbocycles. The molecule has 1 N–H and O–H groups in total. The van der Waals surface area contributed by atoms with Gasteiger partial charge in [0.1, 0.15) is 4.88 Å². The minimum absolute atomic E-state index is 0.0149. The van der Waals surface area contributed by atoms with Gasteiger partial charge in [-0.3, -0.25) is 4.79 Å². The van der Waals surface area contributed by atoms with Crippen molar-refractivity contribution in [2.45, 2.75) is 27.2 Å². The summed E-state index contributed by atoms with van der Waals surface area (Å²) in [6.07, 6.45) is 0.988. The highest BCUT2D eigenvalue weighted by atomic mass is 79.9. The molecular weight excluding hydrogens is 274 g/mol. The van der Waals surface area contributed by atoms with Crippen LogP contribution in [0.3, 0.4) is 0 Å². The Kier molecular flexibility index (Phi) is 4.34. The Bertz CT molecular complexity index is 341. The van der Waals surface area contributed by atoms with Crippen molar-refractivity contribution < 1.29 is 4.79 Å². The number of hydrogen-bond acceptors (Lipinski definition) is 2. The number of amides is 1. The van der Waals surface area contributed by atoms with Crippen LogP contribution in [0.1, 0.15) is 36.9 Å². The molecule has 0 saturated heterocycles. The average Bonchev–Trinajstić information content (AvgIpc) is 2.48. The molecule has 0 atom stereocenters. The first-order chi connectivity index (χ1) is 6.90. The van der Waals surface area contributed by atoms with Crippen molar-refractivity contribution in [2.24, 2.45) is 5.41 Å². The van der Waals surface area contributed by atoms with E-state index in [0.29, 0.717) is 0 Å². The van der Waals surface area contributed by atoms with Crippen molar-refractivity contribution in [1.29, 1.82) is 0 Å². The van der Waals surface area contributed by atoms with Crippen LogP contribution in [0.2, 0.25) is 0 Å². The fourth-order valence-electron chi connectivity index (χ4n) is 1.09. The lowest BCUT2D eigenvalue weighted by Crippen LogP contribution is -2.26. The van der Waals surface area contributed by atoms with Gasteiger partial charge in [-0.2, -0.15) is 0 Å². The number of carbonyl (C=O) groups is 1. The first kappa shape index (κ1) is 12.7. The molecule has 15 heavy (non-hydrogen) atoms. The predicted octanol–water partition coefficient (Wildman–Crippen LogP) is 3.68. The molecule has 1 aromatic rings. The van der Waals surface area contributed by atoms with Crippen LogP contribution in [0.15, 0.2) is 15.9 Å². The smallest absolute Gasteiger partial charge is 0.262 e. The fourth-order valence-corrected chi connectivity index (χ4v) is 2.55. The summed E-state index contributed by atoms with van der Waals surface area (Å²) in [7, 11) is 0. The maximum absolute atomic E-state index is 11.7. The zero-order valence-electron chi connectivity index (χ0n) is 9.26. The molecule has 0 unspecified atom stereocenters. The third kappa shape index (κ3) is 4.34. The lowest BCUT2D eigenvalue weighted by molar-refractivity contribution is 0.0953. The van der Waals surface area contributed by atoms with E-state index in [1.54, 1.807) is 0 Å². The van der Waals surface area contributed by atoms with Gasteiger partial charge in [-0.25, -0.2) is 0 Å². The Morgan fingerprint density at radius 2 is 2.20 bits per heavy atom. The van der Waals surface area contributed by atoms with Crippen molar-refractivity contribution in [3.63, 3.8) is 0 Å². The SMILES string of the molecule is CC(C)(C)CCNC(=O)c1sccc1Br. The van der Waals surface area contributed by atoms with Gasteiger partial charge in [0.25, 0.3) is 5.91 Å². The molecule has 4 heteroatoms. The first-order valence-corrected chi connectivity index (χ1v) is 6.58. The molecule has 1 rings (SSSR count). The molecule has 84 valence electrons. The first-order valence-electron chi connectivity index (χ1n) is 4.91. The van der Waals surface area contributed by atoms with E-state index in [1.165, 1.54) is 11.3 Å². The second-order valence-corrected chi connectivity index (χ2v) is 6.43. The van der Waals surface area contributed by atoms with E-state index < -0.39 is 0 Å². The van der Waals surface area contributed by atoms with Crippen LogP contribution in [0.5, 0.6) is 0 Å². The molecule has 0 aliphatic heterocycles. The van der Waals surface area contributed by atoms with E-state index in [2.05, 4.69) is 42.0 Å². The predicted molar refractivity (Wildman–Crippen MR) is 68.4 cm³/mol. The highest BCUT2D eigenvalue weighted by molar-refractivity contribution is 9.10. The van der Waals surface area contributed by atoms with E-state index in [0.717, 1.165) is 22.3 Å². The van der Waals surface area contributed by atoms with Gasteiger partial charge in [-0.15, -0.1) is 11.3 Å². The molecule has 0 aromatic carbocycles. The van der Waals surface area contributed by atoms with Gasteiger partial charge in [0, 0.05) is 11.0 Å². The maximum atomic E-state index is 11.7. The zero-order valence-corrected chi connectivity index (χ0v) is 11.7. The summed E-state index contributed by atoms with van der Waals surface area (Å²) in [6, 6.07) is 1.89. The van der Waals surface area contributed by atoms with Crippen molar-refractivity contribution in [3.8, 4) is 0 Å². The van der Waals surface area contributed by atoms with Crippen LogP contribution in [0.25, 0.3) is 0 Å². The number of hydrogen-bond donors (Lipinski definition) is 1. The van der Waals surface area contributed by atoms with Crippen molar-refractivity contribution >= 4 is 33.2 Å². The Morgan fingerprint density at radius 1 is 1.53 bits per heavy atom. The fraction of sp³-hybridized carbons (Fsp3) is 0.545. The van der Waals surface area contributed by atoms with E-state index in [9.17, 15) is 4.79 Å². The van der Waals surface area contributed by atoms with Gasteiger partial charge in [0.05, 0.1) is 0 Å². The monoisotopic (exact) mass is 289 g/mol. The van der Waals surface area contributed by atoms with Crippen LogP contribution >= 0.6 is 27.3 Å². The summed E-state index contributed by atoms with van der Waals surface area (Å²) in [5.41, 5.74) is 0.264. The maximum Gasteiger partial charge on any atom is 0.262 e. The molecule has 0 bridgehead atoms. The third-order valence-corrected chi connectivity index (χ3v) is 3.82. The Labute approximate surface area is 103 Å². The second-order valence-electron chi connectivity index (χ2n) is 4.66. The van der Waals surface area contributed by atoms with E-state index in [-0.39, 0.29) is 11.3 Å². The van der Waals surface area contributed by atoms with Gasteiger partial charge in [0.15, 0.2) is 0 Å². The number of carbonyl (C=O) groups excluding carboxylic acids is 1. The van der Waals surface area contributed by atoms with E-state index in [1.807, 2.05) is 11.4 Å². The highest BCUT2D eigenvalue weighted by Crippen LogP contribution is 2.22. The topological polar surface area (TPSA) is 29.1 Å². The van der Waals surface area contributed by atoms with Gasteiger partial charge < -0.3 is 5.32 Å². The number of rotatable bonds is 3. The lowest BCUT2D eigenvalue weighted by Gasteiger charge is -2.17. The van der Waals surface area contributed by atoms with Gasteiger partial charge >= 0.3 is 0 Å². The van der Waals surface area contributed by atoms with E-state index in [4.69, 9.17) is 0 Å². The van der Waals surface area contributed by atoms with E-state index >= 15 is 0 Å². The molecule has 1 aromatic heterocycles. The van der Waals surface area contributed by atoms with Crippen molar-refractivity contribution in [1.82, 2.24) is 5.32 Å². The Balaban J connectivity index is 2.41. The average molecular weight is 290 g/mol. The van der Waals surface area contributed by atoms with Crippen molar-refractivity contribution in [3.05, 3.63) is 20.8 Å². The van der Waals surface area contributed by atoms with Crippen LogP contribution in [0.4, 0.5) is 0 Å². The molecule has 2 nitrogen and oxygen atoms in total. The minimum atomic E-state index is 0.0149. The molecule has 0 saturated carbocycles. The number of thiophene rings is 1. The summed E-state index contributed by atoms with van der Waals surface area (Å²) >= 11 is 4.80. The molecule has 1 amide bonds. The molecule has 0 radical (unpaired) electrons. The zero-order chi connectivity index (χ0) is 11.5. The Hall–Kier alpha value is -0.350. The van der Waals surface area contributed by atoms with Crippen LogP contribution in [0, 0.1) is 5.41 Å². The van der Waals surface area contributed by atoms with Gasteiger partial charge in [0.2, 0.25) is 0 Å². The summed E-state index contributed by atoms with van der Waals surface area (Å²) in [4.78, 5) is 12.4. The quantitative estimate of drug-likeness (QED) is 0.904. The standard InChI is InChI=1S/C11H16BrNOS/c1-11(2,3)5-6-13-10(14)9-8(12)4-7-15-9/h4,7H,5-6H2,1-3H3,(H,13,14). The summed E-state index contributed by atoms with van der Waals surface area (Å²) < 4.78 is 0.876. The van der Waals surface area contributed by atoms with Gasteiger partial charge in [-0.1, -0.05) is 20.8 Å². The molecule has 0 spiro atoms.